The van der Waals surface area contributed by atoms with Crippen molar-refractivity contribution in [1.82, 2.24) is 0 Å². The van der Waals surface area contributed by atoms with Gasteiger partial charge in [-0.05, 0) is 89.8 Å². The Morgan fingerprint density at radius 3 is 1.29 bits per heavy atom. The van der Waals surface area contributed by atoms with E-state index in [9.17, 15) is 0 Å². The number of nitrogens with two attached hydrogens (primary N) is 2. The molecule has 0 atom stereocenters. The van der Waals surface area contributed by atoms with Gasteiger partial charge >= 0.3 is 0 Å². The fraction of sp³-hybridized carbons (Fsp3) is 0.250. The quantitative estimate of drug-likeness (QED) is 0.273. The molecule has 4 N–H and O–H groups in total. The first kappa shape index (κ1) is 23.6. The highest BCUT2D eigenvalue weighted by Gasteiger charge is 2.14. The highest BCUT2D eigenvalue weighted by atomic mass is 14.6. The third-order valence-corrected chi connectivity index (χ3v) is 6.83. The molecule has 0 aliphatic carbocycles. The van der Waals surface area contributed by atoms with Crippen LogP contribution in [0.15, 0.2) is 84.9 Å². The molecule has 0 aromatic heterocycles. The number of benzene rings is 4. The fourth-order valence-corrected chi connectivity index (χ4v) is 4.72. The van der Waals surface area contributed by atoms with E-state index in [1.54, 1.807) is 0 Å². The van der Waals surface area contributed by atoms with Crippen molar-refractivity contribution in [3.8, 4) is 0 Å². The Kier molecular flexibility index (Phi) is 7.37. The third kappa shape index (κ3) is 5.69. The van der Waals surface area contributed by atoms with E-state index in [1.807, 2.05) is 12.1 Å². The Morgan fingerprint density at radius 2 is 0.941 bits per heavy atom. The second-order valence-corrected chi connectivity index (χ2v) is 9.56. The molecule has 174 valence electrons. The Labute approximate surface area is 204 Å². The number of rotatable bonds is 8. The maximum atomic E-state index is 5.97. The summed E-state index contributed by atoms with van der Waals surface area (Å²) < 4.78 is 0. The molecule has 0 amide bonds. The molecule has 0 radical (unpaired) electrons. The second kappa shape index (κ2) is 10.6. The van der Waals surface area contributed by atoms with Crippen molar-refractivity contribution in [3.05, 3.63) is 129 Å². The Hall–Kier alpha value is -3.52. The summed E-state index contributed by atoms with van der Waals surface area (Å²) in [7, 11) is 0. The SMILES string of the molecule is CCCC(c1ccc(Cc2ccc(N)c(C)c2)cc1)c1ccc(Cc2ccc(N)c(C)c2)cc1. The van der Waals surface area contributed by atoms with Crippen LogP contribution in [0.25, 0.3) is 0 Å². The highest BCUT2D eigenvalue weighted by molar-refractivity contribution is 5.49. The molecule has 34 heavy (non-hydrogen) atoms. The lowest BCUT2D eigenvalue weighted by molar-refractivity contribution is 0.698. The first-order chi connectivity index (χ1) is 16.4. The fourth-order valence-electron chi connectivity index (χ4n) is 4.72. The van der Waals surface area contributed by atoms with Gasteiger partial charge in [-0.25, -0.2) is 0 Å². The largest absolute Gasteiger partial charge is 0.399 e. The summed E-state index contributed by atoms with van der Waals surface area (Å²) in [5.74, 6) is 0.422. The van der Waals surface area contributed by atoms with Gasteiger partial charge in [-0.2, -0.15) is 0 Å². The lowest BCUT2D eigenvalue weighted by atomic mass is 9.86. The van der Waals surface area contributed by atoms with Crippen LogP contribution in [0.1, 0.15) is 70.2 Å². The molecule has 0 heterocycles. The molecule has 0 fully saturated rings. The summed E-state index contributed by atoms with van der Waals surface area (Å²) in [6.45, 7) is 6.40. The minimum Gasteiger partial charge on any atom is -0.399 e. The second-order valence-electron chi connectivity index (χ2n) is 9.56. The molecule has 2 heteroatoms. The summed E-state index contributed by atoms with van der Waals surface area (Å²) in [6.07, 6.45) is 4.16. The number of hydrogen-bond donors (Lipinski definition) is 2. The lowest BCUT2D eigenvalue weighted by Gasteiger charge is -2.18. The van der Waals surface area contributed by atoms with Gasteiger partial charge in [0.05, 0.1) is 0 Å². The van der Waals surface area contributed by atoms with E-state index in [1.165, 1.54) is 33.4 Å². The minimum atomic E-state index is 0.422. The lowest BCUT2D eigenvalue weighted by Crippen LogP contribution is -2.02. The van der Waals surface area contributed by atoms with Crippen LogP contribution in [0.5, 0.6) is 0 Å². The predicted octanol–water partition coefficient (Wildman–Crippen LogP) is 7.58. The summed E-state index contributed by atoms with van der Waals surface area (Å²) in [4.78, 5) is 0. The van der Waals surface area contributed by atoms with Gasteiger partial charge in [-0.15, -0.1) is 0 Å². The van der Waals surface area contributed by atoms with Crippen LogP contribution in [0.4, 0.5) is 11.4 Å². The van der Waals surface area contributed by atoms with Crippen molar-refractivity contribution in [3.63, 3.8) is 0 Å². The van der Waals surface area contributed by atoms with Gasteiger partial charge in [0, 0.05) is 17.3 Å². The van der Waals surface area contributed by atoms with Crippen LogP contribution in [0, 0.1) is 13.8 Å². The van der Waals surface area contributed by atoms with E-state index in [2.05, 4.69) is 93.6 Å². The summed E-state index contributed by atoms with van der Waals surface area (Å²) in [5, 5.41) is 0. The van der Waals surface area contributed by atoms with Crippen LogP contribution >= 0.6 is 0 Å². The van der Waals surface area contributed by atoms with E-state index in [0.29, 0.717) is 5.92 Å². The standard InChI is InChI=1S/C32H36N2/c1-4-5-30(28-12-6-24(7-13-28)20-26-10-16-31(33)22(2)18-26)29-14-8-25(9-15-29)21-27-11-17-32(34)23(3)19-27/h6-19,30H,4-5,20-21,33-34H2,1-3H3. The van der Waals surface area contributed by atoms with E-state index in [-0.39, 0.29) is 0 Å². The Balaban J connectivity index is 1.48. The highest BCUT2D eigenvalue weighted by Crippen LogP contribution is 2.30. The van der Waals surface area contributed by atoms with Gasteiger partial charge in [0.2, 0.25) is 0 Å². The van der Waals surface area contributed by atoms with Gasteiger partial charge in [-0.1, -0.05) is 86.1 Å². The molecule has 0 saturated heterocycles. The normalized spacial score (nSPS) is 11.2. The van der Waals surface area contributed by atoms with Crippen molar-refractivity contribution in [1.29, 1.82) is 0 Å². The minimum absolute atomic E-state index is 0.422. The number of anilines is 2. The van der Waals surface area contributed by atoms with Crippen LogP contribution < -0.4 is 11.5 Å². The van der Waals surface area contributed by atoms with Crippen molar-refractivity contribution < 1.29 is 0 Å². The molecule has 0 unspecified atom stereocenters. The molecule has 4 aromatic carbocycles. The molecular formula is C32H36N2. The van der Waals surface area contributed by atoms with E-state index in [4.69, 9.17) is 11.5 Å². The number of nitrogen functional groups attached to an aromatic ring is 2. The summed E-state index contributed by atoms with van der Waals surface area (Å²) in [5.41, 5.74) is 24.0. The van der Waals surface area contributed by atoms with Crippen LogP contribution in [-0.2, 0) is 12.8 Å². The summed E-state index contributed by atoms with van der Waals surface area (Å²) in [6, 6.07) is 31.0. The van der Waals surface area contributed by atoms with Crippen molar-refractivity contribution >= 4 is 11.4 Å². The number of aryl methyl sites for hydroxylation is 2. The zero-order chi connectivity index (χ0) is 24.1. The molecule has 0 aliphatic rings. The smallest absolute Gasteiger partial charge is 0.0343 e. The molecule has 0 bridgehead atoms. The van der Waals surface area contributed by atoms with Gasteiger partial charge < -0.3 is 11.5 Å². The van der Waals surface area contributed by atoms with Crippen LogP contribution in [0.3, 0.4) is 0 Å². The van der Waals surface area contributed by atoms with Crippen LogP contribution in [0.2, 0.25) is 0 Å². The molecule has 0 saturated carbocycles. The van der Waals surface area contributed by atoms with Crippen molar-refractivity contribution in [2.45, 2.75) is 52.4 Å². The number of hydrogen-bond acceptors (Lipinski definition) is 2. The first-order valence-corrected chi connectivity index (χ1v) is 12.3. The van der Waals surface area contributed by atoms with E-state index in [0.717, 1.165) is 48.2 Å². The Bertz CT molecular complexity index is 1140. The zero-order valence-electron chi connectivity index (χ0n) is 20.6. The van der Waals surface area contributed by atoms with E-state index >= 15 is 0 Å². The molecule has 2 nitrogen and oxygen atoms in total. The predicted molar refractivity (Wildman–Crippen MR) is 146 cm³/mol. The van der Waals surface area contributed by atoms with E-state index < -0.39 is 0 Å². The van der Waals surface area contributed by atoms with Gasteiger partial charge in [0.25, 0.3) is 0 Å². The third-order valence-electron chi connectivity index (χ3n) is 6.83. The van der Waals surface area contributed by atoms with Gasteiger partial charge in [-0.3, -0.25) is 0 Å². The molecule has 4 aromatic rings. The first-order valence-electron chi connectivity index (χ1n) is 12.3. The van der Waals surface area contributed by atoms with Gasteiger partial charge in [0.15, 0.2) is 0 Å². The van der Waals surface area contributed by atoms with Gasteiger partial charge in [0.1, 0.15) is 0 Å². The molecule has 4 rings (SSSR count). The average Bonchev–Trinajstić information content (AvgIpc) is 2.84. The summed E-state index contributed by atoms with van der Waals surface area (Å²) >= 11 is 0. The molecule has 0 spiro atoms. The van der Waals surface area contributed by atoms with Crippen molar-refractivity contribution in [2.24, 2.45) is 0 Å². The monoisotopic (exact) mass is 448 g/mol. The molecule has 0 aliphatic heterocycles. The maximum Gasteiger partial charge on any atom is 0.0343 e. The maximum absolute atomic E-state index is 5.97. The van der Waals surface area contributed by atoms with Crippen LogP contribution in [-0.4, -0.2) is 0 Å². The topological polar surface area (TPSA) is 52.0 Å². The zero-order valence-corrected chi connectivity index (χ0v) is 20.6. The molecular weight excluding hydrogens is 412 g/mol. The Morgan fingerprint density at radius 1 is 0.559 bits per heavy atom. The average molecular weight is 449 g/mol. The van der Waals surface area contributed by atoms with Crippen molar-refractivity contribution in [2.75, 3.05) is 11.5 Å².